The third-order valence-electron chi connectivity index (χ3n) is 12.4. The number of phenolic OH excluding ortho intramolecular Hbond substituents is 1. The highest BCUT2D eigenvalue weighted by Gasteiger charge is 2.60. The minimum atomic E-state index is -0.697. The summed E-state index contributed by atoms with van der Waals surface area (Å²) in [6.07, 6.45) is 5.61. The lowest BCUT2D eigenvalue weighted by atomic mass is 9.94. The molecule has 3 saturated heterocycles. The van der Waals surface area contributed by atoms with Gasteiger partial charge in [-0.25, -0.2) is 13.8 Å². The van der Waals surface area contributed by atoms with Crippen molar-refractivity contribution < 1.29 is 28.5 Å². The van der Waals surface area contributed by atoms with Crippen LogP contribution in [0.5, 0.6) is 17.6 Å². The quantitative estimate of drug-likeness (QED) is 0.246. The summed E-state index contributed by atoms with van der Waals surface area (Å²) in [6.45, 7) is 6.38. The smallest absolute Gasteiger partial charge is 0.319 e. The highest BCUT2D eigenvalue weighted by molar-refractivity contribution is 6.03. The Morgan fingerprint density at radius 2 is 1.98 bits per heavy atom. The molecule has 2 aliphatic carbocycles. The van der Waals surface area contributed by atoms with Crippen molar-refractivity contribution in [2.45, 2.75) is 63.6 Å². The Morgan fingerprint density at radius 3 is 2.78 bits per heavy atom. The molecule has 49 heavy (non-hydrogen) atoms. The maximum Gasteiger partial charge on any atom is 0.319 e. The maximum atomic E-state index is 17.1. The van der Waals surface area contributed by atoms with Gasteiger partial charge in [-0.05, 0) is 79.0 Å². The van der Waals surface area contributed by atoms with Gasteiger partial charge in [-0.1, -0.05) is 13.0 Å². The minimum Gasteiger partial charge on any atom is -0.508 e. The molecule has 6 heterocycles. The molecule has 6 aliphatic rings. The van der Waals surface area contributed by atoms with Gasteiger partial charge in [0.25, 0.3) is 0 Å². The molecule has 256 valence electrons. The lowest BCUT2D eigenvalue weighted by Gasteiger charge is -2.40. The van der Waals surface area contributed by atoms with E-state index in [1.165, 1.54) is 12.1 Å². The number of pyridine rings is 1. The van der Waals surface area contributed by atoms with Crippen LogP contribution in [-0.2, 0) is 6.42 Å². The number of halogens is 2. The van der Waals surface area contributed by atoms with Crippen LogP contribution in [0.25, 0.3) is 32.9 Å². The van der Waals surface area contributed by atoms with Crippen LogP contribution in [0.15, 0.2) is 24.3 Å². The second-order valence-corrected chi connectivity index (χ2v) is 15.6. The molecule has 4 aliphatic heterocycles. The number of piperazine rings is 1. The van der Waals surface area contributed by atoms with Crippen LogP contribution in [0.4, 0.5) is 14.6 Å². The van der Waals surface area contributed by atoms with Gasteiger partial charge in [0.05, 0.1) is 19.3 Å². The lowest BCUT2D eigenvalue weighted by Crippen LogP contribution is -2.60. The molecule has 0 amide bonds. The number of nitrogens with one attached hydrogen (secondary N) is 1. The standard InChI is InChI=1S/C37H40F2N6O4/c1-2-23-25(38)5-3-19-9-22(47)10-24(28(19)23)31-30(39)32-29-33(45-13-21-4-6-26(40-21)27(45)14-48-34(29)41-31)43-35(42-32)49-18-36(7-8-36)15-44-12-20-11-37(20,16-44)17-46/h3,5,9-10,20-21,26-27,40,46-47H,2,4,6-8,11-18H2,1H3/t20?,21-,26+,27-,37+/m0/s1. The number of benzene rings is 2. The number of aromatic hydroxyl groups is 1. The molecular formula is C37H40F2N6O4. The molecule has 4 aromatic rings. The number of rotatable bonds is 8. The van der Waals surface area contributed by atoms with Crippen molar-refractivity contribution in [1.29, 1.82) is 0 Å². The predicted molar refractivity (Wildman–Crippen MR) is 179 cm³/mol. The van der Waals surface area contributed by atoms with E-state index >= 15 is 8.78 Å². The number of fused-ring (bicyclic) bond motifs is 7. The van der Waals surface area contributed by atoms with E-state index in [9.17, 15) is 10.2 Å². The number of likely N-dealkylation sites (tertiary alicyclic amines) is 1. The summed E-state index contributed by atoms with van der Waals surface area (Å²) in [7, 11) is 0. The van der Waals surface area contributed by atoms with Crippen molar-refractivity contribution in [1.82, 2.24) is 25.2 Å². The van der Waals surface area contributed by atoms with Gasteiger partial charge in [-0.3, -0.25) is 0 Å². The van der Waals surface area contributed by atoms with Gasteiger partial charge in [0.1, 0.15) is 40.6 Å². The molecule has 12 heteroatoms. The third-order valence-corrected chi connectivity index (χ3v) is 12.4. The molecule has 2 saturated carbocycles. The Balaban J connectivity index is 1.08. The Bertz CT molecular complexity index is 2040. The predicted octanol–water partition coefficient (Wildman–Crippen LogP) is 4.57. The minimum absolute atomic E-state index is 0.0200. The zero-order valence-electron chi connectivity index (χ0n) is 27.5. The summed E-state index contributed by atoms with van der Waals surface area (Å²) in [5, 5.41) is 25.8. The first-order chi connectivity index (χ1) is 23.8. The average molecular weight is 671 g/mol. The highest BCUT2D eigenvalue weighted by atomic mass is 19.1. The van der Waals surface area contributed by atoms with Crippen molar-refractivity contribution in [3.63, 3.8) is 0 Å². The van der Waals surface area contributed by atoms with E-state index in [1.54, 1.807) is 12.1 Å². The number of phenols is 1. The summed E-state index contributed by atoms with van der Waals surface area (Å²) in [6, 6.07) is 6.51. The van der Waals surface area contributed by atoms with E-state index in [2.05, 4.69) is 15.1 Å². The molecule has 5 atom stereocenters. The van der Waals surface area contributed by atoms with Gasteiger partial charge < -0.3 is 34.8 Å². The molecule has 2 aromatic carbocycles. The largest absolute Gasteiger partial charge is 0.508 e. The Labute approximate surface area is 282 Å². The van der Waals surface area contributed by atoms with Crippen LogP contribution in [0.1, 0.15) is 44.6 Å². The number of piperidine rings is 1. The van der Waals surface area contributed by atoms with Gasteiger partial charge in [-0.2, -0.15) is 9.97 Å². The molecule has 10 nitrogen and oxygen atoms in total. The molecule has 2 aromatic heterocycles. The molecule has 1 unspecified atom stereocenters. The number of aliphatic hydroxyl groups excluding tert-OH is 1. The number of aryl methyl sites for hydroxylation is 1. The zero-order valence-corrected chi connectivity index (χ0v) is 27.5. The molecule has 3 N–H and O–H groups in total. The number of ether oxygens (including phenoxy) is 2. The SMILES string of the molecule is CCc1c(F)ccc2cc(O)cc(-c3nc4c5c(nc(OCC6(CN7CC8C[C@]8(CO)C7)CC6)nc5c3F)N3C[C@@H]5CC[C@@H](N5)[C@@H]3CO4)c12. The van der Waals surface area contributed by atoms with E-state index in [1.807, 2.05) is 6.92 Å². The topological polar surface area (TPSA) is 116 Å². The fourth-order valence-electron chi connectivity index (χ4n) is 9.48. The molecule has 0 spiro atoms. The fraction of sp³-hybridized carbons (Fsp3) is 0.541. The second kappa shape index (κ2) is 10.6. The average Bonchev–Trinajstić information content (AvgIpc) is 3.95. The van der Waals surface area contributed by atoms with Crippen molar-refractivity contribution in [2.24, 2.45) is 16.7 Å². The number of hydrogen-bond acceptors (Lipinski definition) is 10. The van der Waals surface area contributed by atoms with Crippen LogP contribution in [0.2, 0.25) is 0 Å². The lowest BCUT2D eigenvalue weighted by molar-refractivity contribution is 0.143. The molecule has 10 rings (SSSR count). The van der Waals surface area contributed by atoms with E-state index < -0.39 is 11.6 Å². The van der Waals surface area contributed by atoms with Gasteiger partial charge in [-0.15, -0.1) is 0 Å². The van der Waals surface area contributed by atoms with Gasteiger partial charge in [0.2, 0.25) is 5.88 Å². The first-order valence-corrected chi connectivity index (χ1v) is 17.7. The van der Waals surface area contributed by atoms with E-state index in [0.717, 1.165) is 51.7 Å². The van der Waals surface area contributed by atoms with Crippen molar-refractivity contribution in [3.05, 3.63) is 41.5 Å². The van der Waals surface area contributed by atoms with Crippen molar-refractivity contribution in [3.8, 4) is 28.9 Å². The fourth-order valence-corrected chi connectivity index (χ4v) is 9.48. The molecule has 2 bridgehead atoms. The molecular weight excluding hydrogens is 630 g/mol. The van der Waals surface area contributed by atoms with E-state index in [4.69, 9.17) is 24.4 Å². The Kier molecular flexibility index (Phi) is 6.47. The summed E-state index contributed by atoms with van der Waals surface area (Å²) < 4.78 is 45.1. The summed E-state index contributed by atoms with van der Waals surface area (Å²) in [5.74, 6) is 0.192. The Hall–Kier alpha value is -3.87. The first kappa shape index (κ1) is 30.0. The van der Waals surface area contributed by atoms with Gasteiger partial charge >= 0.3 is 6.01 Å². The summed E-state index contributed by atoms with van der Waals surface area (Å²) in [4.78, 5) is 19.1. The summed E-state index contributed by atoms with van der Waals surface area (Å²) >= 11 is 0. The van der Waals surface area contributed by atoms with E-state index in [-0.39, 0.29) is 63.9 Å². The van der Waals surface area contributed by atoms with Crippen LogP contribution in [0, 0.1) is 28.4 Å². The van der Waals surface area contributed by atoms with Crippen molar-refractivity contribution in [2.75, 3.05) is 50.9 Å². The number of hydrogen-bond donors (Lipinski definition) is 3. The summed E-state index contributed by atoms with van der Waals surface area (Å²) in [5.41, 5.74) is 0.731. The van der Waals surface area contributed by atoms with Crippen LogP contribution >= 0.6 is 0 Å². The monoisotopic (exact) mass is 670 g/mol. The first-order valence-electron chi connectivity index (χ1n) is 17.7. The van der Waals surface area contributed by atoms with Crippen LogP contribution in [-0.4, -0.2) is 94.2 Å². The molecule has 5 fully saturated rings. The van der Waals surface area contributed by atoms with Crippen molar-refractivity contribution >= 4 is 27.5 Å². The number of aromatic nitrogens is 3. The number of nitrogens with zero attached hydrogens (tertiary/aromatic N) is 5. The van der Waals surface area contributed by atoms with Gasteiger partial charge in [0.15, 0.2) is 5.82 Å². The normalized spacial score (nSPS) is 29.1. The number of anilines is 1. The maximum absolute atomic E-state index is 17.1. The zero-order chi connectivity index (χ0) is 33.2. The van der Waals surface area contributed by atoms with Gasteiger partial charge in [0, 0.05) is 54.7 Å². The van der Waals surface area contributed by atoms with Crippen LogP contribution < -0.4 is 19.7 Å². The second-order valence-electron chi connectivity index (χ2n) is 15.6. The Morgan fingerprint density at radius 1 is 1.10 bits per heavy atom. The highest BCUT2D eigenvalue weighted by Crippen LogP contribution is 2.59. The van der Waals surface area contributed by atoms with E-state index in [0.29, 0.717) is 65.7 Å². The third kappa shape index (κ3) is 4.63. The van der Waals surface area contributed by atoms with Crippen LogP contribution in [0.3, 0.4) is 0 Å². The molecule has 0 radical (unpaired) electrons. The number of aliphatic hydroxyl groups is 1.